The van der Waals surface area contributed by atoms with Crippen molar-refractivity contribution in [3.8, 4) is 11.4 Å². The number of benzene rings is 1. The lowest BCUT2D eigenvalue weighted by molar-refractivity contribution is -0.119. The highest BCUT2D eigenvalue weighted by Crippen LogP contribution is 2.44. The summed E-state index contributed by atoms with van der Waals surface area (Å²) in [5, 5.41) is 14.3. The Morgan fingerprint density at radius 3 is 2.90 bits per heavy atom. The summed E-state index contributed by atoms with van der Waals surface area (Å²) in [6.07, 6.45) is 2.33. The summed E-state index contributed by atoms with van der Waals surface area (Å²) in [6.45, 7) is 2.04. The summed E-state index contributed by atoms with van der Waals surface area (Å²) in [5.74, 6) is 1.71. The number of nitrogens with zero attached hydrogens (tertiary/aromatic N) is 3. The average Bonchev–Trinajstić information content (AvgIpc) is 3.18. The third kappa shape index (κ3) is 2.63. The fourth-order valence-electron chi connectivity index (χ4n) is 2.97. The molecular weight excluding hydrogens is 334 g/mol. The molecular formula is C15H16BrN3O2. The van der Waals surface area contributed by atoms with E-state index in [9.17, 15) is 5.11 Å². The first-order valence-electron chi connectivity index (χ1n) is 7.16. The maximum Gasteiger partial charge on any atom is 0.241 e. The van der Waals surface area contributed by atoms with Gasteiger partial charge in [0.05, 0.1) is 12.1 Å². The average molecular weight is 350 g/mol. The number of hydrogen-bond acceptors (Lipinski definition) is 5. The molecule has 1 saturated heterocycles. The second kappa shape index (κ2) is 4.90. The molecule has 0 spiro atoms. The summed E-state index contributed by atoms with van der Waals surface area (Å²) in [7, 11) is 0. The zero-order valence-corrected chi connectivity index (χ0v) is 13.1. The molecule has 0 radical (unpaired) electrons. The number of hydrogen-bond donors (Lipinski definition) is 1. The van der Waals surface area contributed by atoms with Crippen LogP contribution < -0.4 is 0 Å². The molecule has 1 aromatic carbocycles. The van der Waals surface area contributed by atoms with Gasteiger partial charge in [-0.2, -0.15) is 4.98 Å². The Kier molecular flexibility index (Phi) is 3.13. The van der Waals surface area contributed by atoms with E-state index in [1.807, 2.05) is 24.3 Å². The third-order valence-corrected chi connectivity index (χ3v) is 4.74. The Bertz CT molecular complexity index is 662. The van der Waals surface area contributed by atoms with Crippen LogP contribution in [-0.4, -0.2) is 38.8 Å². The molecule has 6 heteroatoms. The molecule has 1 aliphatic carbocycles. The molecule has 2 aliphatic rings. The van der Waals surface area contributed by atoms with Gasteiger partial charge >= 0.3 is 0 Å². The Morgan fingerprint density at radius 1 is 1.38 bits per heavy atom. The molecule has 0 atom stereocenters. The van der Waals surface area contributed by atoms with Crippen molar-refractivity contribution in [1.29, 1.82) is 0 Å². The van der Waals surface area contributed by atoms with Crippen LogP contribution in [0.15, 0.2) is 33.3 Å². The van der Waals surface area contributed by atoms with E-state index in [1.54, 1.807) is 0 Å². The molecule has 0 amide bonds. The molecule has 2 aromatic rings. The van der Waals surface area contributed by atoms with E-state index in [1.165, 1.54) is 0 Å². The molecule has 5 nitrogen and oxygen atoms in total. The van der Waals surface area contributed by atoms with Gasteiger partial charge in [0.1, 0.15) is 0 Å². The van der Waals surface area contributed by atoms with Crippen LogP contribution >= 0.6 is 15.9 Å². The Hall–Kier alpha value is -1.24. The van der Waals surface area contributed by atoms with Crippen molar-refractivity contribution in [2.75, 3.05) is 13.1 Å². The van der Waals surface area contributed by atoms with E-state index >= 15 is 0 Å². The lowest BCUT2D eigenvalue weighted by atomic mass is 9.89. The van der Waals surface area contributed by atoms with Crippen molar-refractivity contribution in [1.82, 2.24) is 15.0 Å². The number of β-amino-alcohol motifs (C(OH)–C–C–N with tert-alkyl or cyclic N) is 1. The molecule has 1 saturated carbocycles. The maximum absolute atomic E-state index is 10.3. The summed E-state index contributed by atoms with van der Waals surface area (Å²) >= 11 is 3.44. The van der Waals surface area contributed by atoms with Crippen molar-refractivity contribution >= 4 is 15.9 Å². The molecule has 21 heavy (non-hydrogen) atoms. The molecule has 2 heterocycles. The molecule has 0 unspecified atom stereocenters. The van der Waals surface area contributed by atoms with Crippen LogP contribution in [0.2, 0.25) is 0 Å². The zero-order chi connectivity index (χ0) is 14.4. The van der Waals surface area contributed by atoms with Crippen LogP contribution in [0.25, 0.3) is 11.4 Å². The highest BCUT2D eigenvalue weighted by atomic mass is 79.9. The van der Waals surface area contributed by atoms with E-state index in [4.69, 9.17) is 4.52 Å². The summed E-state index contributed by atoms with van der Waals surface area (Å²) in [6, 6.07) is 7.82. The smallest absolute Gasteiger partial charge is 0.241 e. The molecule has 1 N–H and O–H groups in total. The van der Waals surface area contributed by atoms with E-state index < -0.39 is 5.60 Å². The van der Waals surface area contributed by atoms with Gasteiger partial charge in [0, 0.05) is 23.1 Å². The van der Waals surface area contributed by atoms with E-state index in [0.717, 1.165) is 22.9 Å². The number of likely N-dealkylation sites (tertiary alicyclic amines) is 1. The highest BCUT2D eigenvalue weighted by molar-refractivity contribution is 9.10. The number of rotatable bonds is 4. The minimum atomic E-state index is -0.465. The predicted molar refractivity (Wildman–Crippen MR) is 80.4 cm³/mol. The normalized spacial score (nSPS) is 21.2. The van der Waals surface area contributed by atoms with Gasteiger partial charge in [-0.3, -0.25) is 4.90 Å². The predicted octanol–water partition coefficient (Wildman–Crippen LogP) is 2.46. The van der Waals surface area contributed by atoms with Crippen LogP contribution in [0.1, 0.15) is 18.7 Å². The standard InChI is InChI=1S/C15H16BrN3O2/c16-12-3-1-2-10(6-12)14-17-13(21-18-14)7-19-8-15(20,9-19)11-4-5-11/h1-3,6,11,20H,4-5,7-9H2. The van der Waals surface area contributed by atoms with Gasteiger partial charge in [0.25, 0.3) is 0 Å². The van der Waals surface area contributed by atoms with Crippen molar-refractivity contribution in [3.05, 3.63) is 34.6 Å². The lowest BCUT2D eigenvalue weighted by Gasteiger charge is -2.46. The summed E-state index contributed by atoms with van der Waals surface area (Å²) in [5.41, 5.74) is 0.463. The fourth-order valence-corrected chi connectivity index (χ4v) is 3.37. The monoisotopic (exact) mass is 349 g/mol. The topological polar surface area (TPSA) is 62.4 Å². The van der Waals surface area contributed by atoms with E-state index in [0.29, 0.717) is 37.3 Å². The second-order valence-electron chi connectivity index (χ2n) is 6.05. The molecule has 1 aliphatic heterocycles. The summed E-state index contributed by atoms with van der Waals surface area (Å²) < 4.78 is 6.30. The van der Waals surface area contributed by atoms with Gasteiger partial charge < -0.3 is 9.63 Å². The van der Waals surface area contributed by atoms with E-state index in [2.05, 4.69) is 31.0 Å². The van der Waals surface area contributed by atoms with Gasteiger partial charge in [0.2, 0.25) is 11.7 Å². The van der Waals surface area contributed by atoms with Crippen LogP contribution in [0, 0.1) is 5.92 Å². The third-order valence-electron chi connectivity index (χ3n) is 4.24. The first-order valence-corrected chi connectivity index (χ1v) is 7.95. The molecule has 1 aromatic heterocycles. The Balaban J connectivity index is 1.41. The Morgan fingerprint density at radius 2 is 2.19 bits per heavy atom. The minimum Gasteiger partial charge on any atom is -0.387 e. The number of aliphatic hydroxyl groups is 1. The van der Waals surface area contributed by atoms with Gasteiger partial charge in [-0.15, -0.1) is 0 Å². The number of halogens is 1. The zero-order valence-electron chi connectivity index (χ0n) is 11.5. The van der Waals surface area contributed by atoms with E-state index in [-0.39, 0.29) is 0 Å². The minimum absolute atomic E-state index is 0.465. The van der Waals surface area contributed by atoms with Gasteiger partial charge in [-0.25, -0.2) is 0 Å². The van der Waals surface area contributed by atoms with Gasteiger partial charge in [-0.1, -0.05) is 33.2 Å². The first kappa shape index (κ1) is 13.4. The highest BCUT2D eigenvalue weighted by Gasteiger charge is 2.51. The van der Waals surface area contributed by atoms with Gasteiger partial charge in [-0.05, 0) is 30.9 Å². The fraction of sp³-hybridized carbons (Fsp3) is 0.467. The van der Waals surface area contributed by atoms with Crippen LogP contribution in [-0.2, 0) is 6.54 Å². The van der Waals surface area contributed by atoms with Crippen LogP contribution in [0.4, 0.5) is 0 Å². The summed E-state index contributed by atoms with van der Waals surface area (Å²) in [4.78, 5) is 6.58. The van der Waals surface area contributed by atoms with Crippen molar-refractivity contribution in [3.63, 3.8) is 0 Å². The van der Waals surface area contributed by atoms with Crippen LogP contribution in [0.5, 0.6) is 0 Å². The lowest BCUT2D eigenvalue weighted by Crippen LogP contribution is -2.62. The Labute approximate surface area is 131 Å². The number of aromatic nitrogens is 2. The second-order valence-corrected chi connectivity index (χ2v) is 6.96. The molecule has 4 rings (SSSR count). The van der Waals surface area contributed by atoms with Crippen molar-refractivity contribution < 1.29 is 9.63 Å². The quantitative estimate of drug-likeness (QED) is 0.918. The molecule has 2 fully saturated rings. The molecule has 110 valence electrons. The van der Waals surface area contributed by atoms with Gasteiger partial charge in [0.15, 0.2) is 0 Å². The largest absolute Gasteiger partial charge is 0.387 e. The van der Waals surface area contributed by atoms with Crippen molar-refractivity contribution in [2.24, 2.45) is 5.92 Å². The SMILES string of the molecule is OC1(C2CC2)CN(Cc2nc(-c3cccc(Br)c3)no2)C1. The maximum atomic E-state index is 10.3. The van der Waals surface area contributed by atoms with Crippen LogP contribution in [0.3, 0.4) is 0 Å². The first-order chi connectivity index (χ1) is 10.1. The molecule has 0 bridgehead atoms. The van der Waals surface area contributed by atoms with Crippen molar-refractivity contribution in [2.45, 2.75) is 25.0 Å².